The maximum absolute atomic E-state index is 14.2. The molecule has 11 heteroatoms. The number of rotatable bonds is 8. The van der Waals surface area contributed by atoms with Gasteiger partial charge in [0.25, 0.3) is 5.69 Å². The minimum Gasteiger partial charge on any atom is -0.489 e. The molecule has 6 rings (SSSR count). The molecule has 0 spiro atoms. The van der Waals surface area contributed by atoms with E-state index in [1.165, 1.54) is 12.1 Å². The van der Waals surface area contributed by atoms with E-state index in [-0.39, 0.29) is 30.1 Å². The van der Waals surface area contributed by atoms with Gasteiger partial charge in [-0.05, 0) is 41.4 Å². The van der Waals surface area contributed by atoms with Crippen LogP contribution in [-0.2, 0) is 16.2 Å². The zero-order valence-corrected chi connectivity index (χ0v) is 26.7. The highest BCUT2D eigenvalue weighted by Crippen LogP contribution is 2.55. The van der Waals surface area contributed by atoms with Crippen molar-refractivity contribution < 1.29 is 24.2 Å². The third-order valence-electron chi connectivity index (χ3n) is 9.00. The molecule has 0 aromatic heterocycles. The number of non-ortho nitro benzene ring substituents is 1. The highest BCUT2D eigenvalue weighted by molar-refractivity contribution is 6.07. The molecular weight excluding hydrogens is 600 g/mol. The van der Waals surface area contributed by atoms with Gasteiger partial charge in [-0.25, -0.2) is 0 Å². The molecule has 11 nitrogen and oxygen atoms in total. The monoisotopic (exact) mass is 636 g/mol. The van der Waals surface area contributed by atoms with Crippen molar-refractivity contribution in [2.75, 3.05) is 5.43 Å². The lowest BCUT2D eigenvalue weighted by Crippen LogP contribution is -2.46. The molecule has 0 radical (unpaired) electrons. The molecule has 1 heterocycles. The predicted molar refractivity (Wildman–Crippen MR) is 175 cm³/mol. The number of benzene rings is 3. The molecule has 3 aliphatic rings. The molecule has 1 aliphatic heterocycles. The maximum atomic E-state index is 14.2. The molecule has 0 saturated carbocycles. The van der Waals surface area contributed by atoms with Crippen molar-refractivity contribution in [3.63, 3.8) is 0 Å². The van der Waals surface area contributed by atoms with Crippen molar-refractivity contribution in [1.29, 1.82) is 0 Å². The largest absolute Gasteiger partial charge is 0.489 e. The number of allylic oxidation sites excluding steroid dienone is 4. The van der Waals surface area contributed by atoms with E-state index >= 15 is 0 Å². The van der Waals surface area contributed by atoms with Crippen LogP contribution in [0.25, 0.3) is 0 Å². The molecular formula is C36H36N4O7. The van der Waals surface area contributed by atoms with E-state index in [0.29, 0.717) is 53.3 Å². The quantitative estimate of drug-likeness (QED) is 0.193. The molecule has 0 fully saturated rings. The molecule has 3 aromatic carbocycles. The number of para-hydroxylation sites is 1. The average Bonchev–Trinajstić information content (AvgIpc) is 3.00. The Morgan fingerprint density at radius 2 is 1.36 bits per heavy atom. The van der Waals surface area contributed by atoms with Gasteiger partial charge in [0.15, 0.2) is 11.6 Å². The molecule has 0 unspecified atom stereocenters. The summed E-state index contributed by atoms with van der Waals surface area (Å²) in [6.07, 6.45) is 1.39. The summed E-state index contributed by atoms with van der Waals surface area (Å²) in [7, 11) is 0. The molecule has 0 amide bonds. The Morgan fingerprint density at radius 1 is 0.787 bits per heavy atom. The topological polar surface area (TPSA) is 145 Å². The summed E-state index contributed by atoms with van der Waals surface area (Å²) in [5.74, 6) is -0.381. The Balaban J connectivity index is 1.55. The Labute approximate surface area is 272 Å². The van der Waals surface area contributed by atoms with Crippen LogP contribution in [0.2, 0.25) is 0 Å². The molecule has 0 atom stereocenters. The summed E-state index contributed by atoms with van der Waals surface area (Å²) < 4.78 is 6.36. The molecule has 0 bridgehead atoms. The molecule has 1 N–H and O–H groups in total. The number of hydrogen-bond acceptors (Lipinski definition) is 9. The lowest BCUT2D eigenvalue weighted by atomic mass is 9.64. The van der Waals surface area contributed by atoms with E-state index in [4.69, 9.17) is 4.74 Å². The lowest BCUT2D eigenvalue weighted by molar-refractivity contribution is -0.393. The molecule has 3 aromatic rings. The van der Waals surface area contributed by atoms with Gasteiger partial charge < -0.3 is 4.74 Å². The minimum absolute atomic E-state index is 0.0102. The number of anilines is 1. The zero-order chi connectivity index (χ0) is 33.7. The third kappa shape index (κ3) is 6.13. The highest BCUT2D eigenvalue weighted by Gasteiger charge is 2.50. The summed E-state index contributed by atoms with van der Waals surface area (Å²) in [5.41, 5.74) is 5.16. The normalized spacial score (nSPS) is 18.9. The summed E-state index contributed by atoms with van der Waals surface area (Å²) >= 11 is 0. The number of nitro benzene ring substituents is 2. The number of nitrogens with zero attached hydrogens (tertiary/aromatic N) is 3. The van der Waals surface area contributed by atoms with Crippen molar-refractivity contribution in [1.82, 2.24) is 5.01 Å². The van der Waals surface area contributed by atoms with Gasteiger partial charge in [-0.2, -0.15) is 0 Å². The number of hydrogen-bond donors (Lipinski definition) is 1. The van der Waals surface area contributed by atoms with Crippen LogP contribution in [0.1, 0.15) is 70.4 Å². The van der Waals surface area contributed by atoms with Gasteiger partial charge >= 0.3 is 5.69 Å². The van der Waals surface area contributed by atoms with Crippen LogP contribution >= 0.6 is 0 Å². The summed E-state index contributed by atoms with van der Waals surface area (Å²) in [6.45, 7) is 8.27. The summed E-state index contributed by atoms with van der Waals surface area (Å²) in [6, 6.07) is 20.6. The summed E-state index contributed by atoms with van der Waals surface area (Å²) in [4.78, 5) is 50.7. The summed E-state index contributed by atoms with van der Waals surface area (Å²) in [5, 5.41) is 25.3. The van der Waals surface area contributed by atoms with Gasteiger partial charge in [-0.3, -0.25) is 40.3 Å². The van der Waals surface area contributed by atoms with E-state index in [9.17, 15) is 29.8 Å². The van der Waals surface area contributed by atoms with Crippen molar-refractivity contribution in [2.24, 2.45) is 10.8 Å². The van der Waals surface area contributed by atoms with Crippen LogP contribution in [0.4, 0.5) is 17.1 Å². The lowest BCUT2D eigenvalue weighted by Gasteiger charge is -2.49. The Kier molecular flexibility index (Phi) is 7.95. The Bertz CT molecular complexity index is 1820. The number of carbonyl (C=O) groups excluding carboxylic acids is 2. The van der Waals surface area contributed by atoms with Gasteiger partial charge in [-0.1, -0.05) is 76.2 Å². The molecule has 2 aliphatic carbocycles. The number of ketones is 2. The van der Waals surface area contributed by atoms with Crippen LogP contribution in [0.15, 0.2) is 95.3 Å². The molecule has 242 valence electrons. The van der Waals surface area contributed by atoms with Crippen LogP contribution in [0.5, 0.6) is 5.75 Å². The maximum Gasteiger partial charge on any atom is 0.300 e. The standard InChI is InChI=1S/C36H36N4O7/c1-35(2)17-27-33(29(41)19-35)32(24-12-8-9-13-31(24)47-21-22-10-6-5-7-11-22)34-28(18-36(3,4)20-30(34)42)38(27)37-25-15-14-23(39(43)44)16-26(25)40(45)46/h5-16,32,37H,17-21H2,1-4H3. The first kappa shape index (κ1) is 31.7. The molecule has 0 saturated heterocycles. The number of nitro groups is 2. The average molecular weight is 637 g/mol. The van der Waals surface area contributed by atoms with Crippen molar-refractivity contribution in [2.45, 2.75) is 65.9 Å². The Morgan fingerprint density at radius 3 is 1.94 bits per heavy atom. The van der Waals surface area contributed by atoms with E-state index in [1.807, 2.05) is 82.3 Å². The van der Waals surface area contributed by atoms with Gasteiger partial charge in [0, 0.05) is 52.9 Å². The zero-order valence-electron chi connectivity index (χ0n) is 26.7. The minimum atomic E-state index is -0.705. The fourth-order valence-electron chi connectivity index (χ4n) is 7.00. The van der Waals surface area contributed by atoms with E-state index in [0.717, 1.165) is 11.6 Å². The first-order valence-electron chi connectivity index (χ1n) is 15.5. The first-order chi connectivity index (χ1) is 22.2. The van der Waals surface area contributed by atoms with Crippen LogP contribution in [0, 0.1) is 31.1 Å². The Hall–Kier alpha value is -5.32. The number of carbonyl (C=O) groups is 2. The van der Waals surface area contributed by atoms with Crippen LogP contribution in [-0.4, -0.2) is 26.4 Å². The predicted octanol–water partition coefficient (Wildman–Crippen LogP) is 7.79. The second-order valence-corrected chi connectivity index (χ2v) is 14.0. The number of Topliss-reactive ketones (excluding diaryl/α,β-unsaturated/α-hetero) is 2. The van der Waals surface area contributed by atoms with Crippen molar-refractivity contribution >= 4 is 28.6 Å². The van der Waals surface area contributed by atoms with Gasteiger partial charge in [0.2, 0.25) is 0 Å². The molecule has 47 heavy (non-hydrogen) atoms. The third-order valence-corrected chi connectivity index (χ3v) is 9.00. The fraction of sp³-hybridized carbons (Fsp3) is 0.333. The second kappa shape index (κ2) is 11.8. The van der Waals surface area contributed by atoms with Gasteiger partial charge in [-0.15, -0.1) is 0 Å². The van der Waals surface area contributed by atoms with Crippen molar-refractivity contribution in [3.8, 4) is 5.75 Å². The van der Waals surface area contributed by atoms with E-state index < -0.39 is 38.0 Å². The second-order valence-electron chi connectivity index (χ2n) is 14.0. The smallest absolute Gasteiger partial charge is 0.300 e. The first-order valence-corrected chi connectivity index (χ1v) is 15.5. The van der Waals surface area contributed by atoms with E-state index in [2.05, 4.69) is 5.43 Å². The number of ether oxygens (including phenoxy) is 1. The van der Waals surface area contributed by atoms with Crippen molar-refractivity contribution in [3.05, 3.63) is 127 Å². The highest BCUT2D eigenvalue weighted by atomic mass is 16.6. The van der Waals surface area contributed by atoms with Gasteiger partial charge in [0.05, 0.1) is 15.9 Å². The number of nitrogens with one attached hydrogen (secondary N) is 1. The van der Waals surface area contributed by atoms with Crippen LogP contribution < -0.4 is 10.2 Å². The van der Waals surface area contributed by atoms with Crippen LogP contribution in [0.3, 0.4) is 0 Å². The van der Waals surface area contributed by atoms with E-state index in [1.54, 1.807) is 5.01 Å². The SMILES string of the molecule is CC1(C)CC(=O)C2=C(C1)N(Nc1ccc([N+](=O)[O-])cc1[N+](=O)[O-])C1=C(C(=O)CC(C)(C)C1)C2c1ccccc1OCc1ccccc1. The fourth-order valence-corrected chi connectivity index (χ4v) is 7.00. The number of hydrazine groups is 1. The van der Waals surface area contributed by atoms with Gasteiger partial charge in [0.1, 0.15) is 18.0 Å².